The number of hydrogen-bond donors (Lipinski definition) is 0. The van der Waals surface area contributed by atoms with Gasteiger partial charge in [0, 0.05) is 0 Å². The second kappa shape index (κ2) is 18.1. The standard InChI is InChI=1S/C21H43/c1-4-7-10-12-13-15-17-20-21(18-9-6-3)19-16-14-11-8-5-2/h17,21H,4-16,18-20H2,1-3H3. The van der Waals surface area contributed by atoms with Crippen molar-refractivity contribution in [3.63, 3.8) is 0 Å². The molecule has 0 rings (SSSR count). The molecule has 0 amide bonds. The van der Waals surface area contributed by atoms with E-state index in [1.807, 2.05) is 0 Å². The van der Waals surface area contributed by atoms with Crippen molar-refractivity contribution in [2.75, 3.05) is 0 Å². The maximum Gasteiger partial charge on any atom is -0.0383 e. The molecule has 0 aliphatic rings. The summed E-state index contributed by atoms with van der Waals surface area (Å²) in [4.78, 5) is 0. The van der Waals surface area contributed by atoms with Crippen LogP contribution in [0.15, 0.2) is 0 Å². The van der Waals surface area contributed by atoms with Gasteiger partial charge in [-0.1, -0.05) is 117 Å². The second-order valence-electron chi connectivity index (χ2n) is 6.94. The normalized spacial score (nSPS) is 12.7. The molecule has 0 saturated heterocycles. The van der Waals surface area contributed by atoms with Gasteiger partial charge in [-0.3, -0.25) is 0 Å². The van der Waals surface area contributed by atoms with Gasteiger partial charge in [0.2, 0.25) is 0 Å². The lowest BCUT2D eigenvalue weighted by Gasteiger charge is -2.16. The topological polar surface area (TPSA) is 0 Å². The molecule has 1 unspecified atom stereocenters. The van der Waals surface area contributed by atoms with Crippen molar-refractivity contribution >= 4 is 0 Å². The van der Waals surface area contributed by atoms with Gasteiger partial charge >= 0.3 is 0 Å². The molecule has 0 aliphatic heterocycles. The van der Waals surface area contributed by atoms with Crippen LogP contribution in [-0.4, -0.2) is 0 Å². The van der Waals surface area contributed by atoms with Crippen molar-refractivity contribution < 1.29 is 0 Å². The highest BCUT2D eigenvalue weighted by Crippen LogP contribution is 2.23. The minimum Gasteiger partial charge on any atom is -0.0654 e. The first-order chi connectivity index (χ1) is 10.3. The molecule has 0 spiro atoms. The third-order valence-corrected chi connectivity index (χ3v) is 4.69. The maximum absolute atomic E-state index is 2.61. The van der Waals surface area contributed by atoms with Crippen molar-refractivity contribution in [3.05, 3.63) is 6.42 Å². The number of hydrogen-bond acceptors (Lipinski definition) is 0. The second-order valence-corrected chi connectivity index (χ2v) is 6.94. The van der Waals surface area contributed by atoms with E-state index in [-0.39, 0.29) is 0 Å². The Kier molecular flexibility index (Phi) is 18.1. The average molecular weight is 296 g/mol. The molecule has 21 heavy (non-hydrogen) atoms. The van der Waals surface area contributed by atoms with E-state index in [9.17, 15) is 0 Å². The van der Waals surface area contributed by atoms with E-state index >= 15 is 0 Å². The fourth-order valence-electron chi connectivity index (χ4n) is 3.16. The molecule has 1 radical (unpaired) electrons. The van der Waals surface area contributed by atoms with Gasteiger partial charge in [-0.2, -0.15) is 0 Å². The van der Waals surface area contributed by atoms with E-state index in [1.54, 1.807) is 0 Å². The van der Waals surface area contributed by atoms with Crippen LogP contribution in [0.2, 0.25) is 0 Å². The third-order valence-electron chi connectivity index (χ3n) is 4.69. The smallest absolute Gasteiger partial charge is 0.0383 e. The van der Waals surface area contributed by atoms with Crippen LogP contribution in [0, 0.1) is 12.3 Å². The van der Waals surface area contributed by atoms with Crippen LogP contribution < -0.4 is 0 Å². The SMILES string of the molecule is CCCCCCC[CH]CC(CCCC)CCCCCCC. The van der Waals surface area contributed by atoms with E-state index in [4.69, 9.17) is 0 Å². The zero-order valence-corrected chi connectivity index (χ0v) is 15.5. The quantitative estimate of drug-likeness (QED) is 0.238. The minimum absolute atomic E-state index is 0.988. The Morgan fingerprint density at radius 1 is 0.571 bits per heavy atom. The predicted octanol–water partition coefficient (Wildman–Crippen LogP) is 8.11. The summed E-state index contributed by atoms with van der Waals surface area (Å²) in [7, 11) is 0. The Morgan fingerprint density at radius 3 is 1.71 bits per heavy atom. The first-order valence-electron chi connectivity index (χ1n) is 10.2. The highest BCUT2D eigenvalue weighted by atomic mass is 14.1. The van der Waals surface area contributed by atoms with Gasteiger partial charge < -0.3 is 0 Å². The van der Waals surface area contributed by atoms with E-state index < -0.39 is 0 Å². The molecule has 0 heteroatoms. The Morgan fingerprint density at radius 2 is 1.10 bits per heavy atom. The van der Waals surface area contributed by atoms with Gasteiger partial charge in [0.05, 0.1) is 0 Å². The van der Waals surface area contributed by atoms with Crippen molar-refractivity contribution in [1.82, 2.24) is 0 Å². The van der Waals surface area contributed by atoms with Crippen LogP contribution in [0.4, 0.5) is 0 Å². The van der Waals surface area contributed by atoms with Crippen LogP contribution in [0.5, 0.6) is 0 Å². The zero-order valence-electron chi connectivity index (χ0n) is 15.5. The summed E-state index contributed by atoms with van der Waals surface area (Å²) in [5.41, 5.74) is 0. The molecule has 0 bridgehead atoms. The van der Waals surface area contributed by atoms with Crippen LogP contribution in [0.3, 0.4) is 0 Å². The van der Waals surface area contributed by atoms with Crippen molar-refractivity contribution in [1.29, 1.82) is 0 Å². The fourth-order valence-corrected chi connectivity index (χ4v) is 3.16. The Bertz CT molecular complexity index is 173. The summed E-state index contributed by atoms with van der Waals surface area (Å²) in [6.45, 7) is 6.93. The molecule has 1 atom stereocenters. The molecule has 0 aromatic carbocycles. The lowest BCUT2D eigenvalue weighted by molar-refractivity contribution is 0.401. The van der Waals surface area contributed by atoms with E-state index in [0.717, 1.165) is 5.92 Å². The van der Waals surface area contributed by atoms with Crippen LogP contribution in [-0.2, 0) is 0 Å². The van der Waals surface area contributed by atoms with Gasteiger partial charge in [-0.05, 0) is 18.8 Å². The molecule has 0 heterocycles. The van der Waals surface area contributed by atoms with Crippen LogP contribution in [0.25, 0.3) is 0 Å². The van der Waals surface area contributed by atoms with Gasteiger partial charge in [-0.15, -0.1) is 0 Å². The number of rotatable bonds is 17. The third kappa shape index (κ3) is 16.2. The van der Waals surface area contributed by atoms with E-state index in [2.05, 4.69) is 27.2 Å². The maximum atomic E-state index is 2.61. The summed E-state index contributed by atoms with van der Waals surface area (Å²) < 4.78 is 0. The fraction of sp³-hybridized carbons (Fsp3) is 0.952. The van der Waals surface area contributed by atoms with Gasteiger partial charge in [0.15, 0.2) is 0 Å². The molecule has 0 fully saturated rings. The Labute approximate surface area is 136 Å². The van der Waals surface area contributed by atoms with Crippen molar-refractivity contribution in [3.8, 4) is 0 Å². The summed E-state index contributed by atoms with van der Waals surface area (Å²) in [6, 6.07) is 0. The lowest BCUT2D eigenvalue weighted by atomic mass is 9.90. The summed E-state index contributed by atoms with van der Waals surface area (Å²) in [5.74, 6) is 0.988. The molecule has 127 valence electrons. The van der Waals surface area contributed by atoms with Gasteiger partial charge in [0.1, 0.15) is 0 Å². The molecule has 0 saturated carbocycles. The molecular weight excluding hydrogens is 252 g/mol. The Hall–Kier alpha value is 0. The van der Waals surface area contributed by atoms with E-state index in [0.29, 0.717) is 0 Å². The Balaban J connectivity index is 3.55. The van der Waals surface area contributed by atoms with Gasteiger partial charge in [0.25, 0.3) is 0 Å². The summed E-state index contributed by atoms with van der Waals surface area (Å²) in [6.07, 6.45) is 25.4. The minimum atomic E-state index is 0.988. The van der Waals surface area contributed by atoms with E-state index in [1.165, 1.54) is 103 Å². The van der Waals surface area contributed by atoms with Gasteiger partial charge in [-0.25, -0.2) is 0 Å². The number of unbranched alkanes of at least 4 members (excludes halogenated alkanes) is 11. The summed E-state index contributed by atoms with van der Waals surface area (Å²) in [5, 5.41) is 0. The molecule has 0 nitrogen and oxygen atoms in total. The summed E-state index contributed by atoms with van der Waals surface area (Å²) >= 11 is 0. The lowest BCUT2D eigenvalue weighted by Crippen LogP contribution is -2.01. The molecular formula is C21H43. The van der Waals surface area contributed by atoms with Crippen molar-refractivity contribution in [2.24, 2.45) is 5.92 Å². The monoisotopic (exact) mass is 295 g/mol. The van der Waals surface area contributed by atoms with Crippen LogP contribution in [0.1, 0.15) is 124 Å². The largest absolute Gasteiger partial charge is 0.0654 e. The molecule has 0 aliphatic carbocycles. The first kappa shape index (κ1) is 21.0. The average Bonchev–Trinajstić information content (AvgIpc) is 2.50. The predicted molar refractivity (Wildman–Crippen MR) is 98.7 cm³/mol. The van der Waals surface area contributed by atoms with Crippen LogP contribution >= 0.6 is 0 Å². The zero-order chi connectivity index (χ0) is 15.6. The highest BCUT2D eigenvalue weighted by molar-refractivity contribution is 4.72. The molecule has 0 aromatic heterocycles. The van der Waals surface area contributed by atoms with Crippen molar-refractivity contribution in [2.45, 2.75) is 124 Å². The highest BCUT2D eigenvalue weighted by Gasteiger charge is 2.08. The molecule has 0 aromatic rings. The molecule has 0 N–H and O–H groups in total. The first-order valence-corrected chi connectivity index (χ1v) is 10.2.